The molecule has 0 rings (SSSR count). The molecule has 8 heteroatoms. The van der Waals surface area contributed by atoms with Crippen LogP contribution in [0.15, 0.2) is 0 Å². The summed E-state index contributed by atoms with van der Waals surface area (Å²) >= 11 is 0. The van der Waals surface area contributed by atoms with Gasteiger partial charge in [0.05, 0.1) is 6.42 Å². The van der Waals surface area contributed by atoms with Crippen LogP contribution in [0.4, 0.5) is 0 Å². The Labute approximate surface area is 82.8 Å². The molecule has 0 saturated heterocycles. The zero-order valence-electron chi connectivity index (χ0n) is 7.30. The highest BCUT2D eigenvalue weighted by atomic mass is 16.4. The molecule has 0 aromatic heterocycles. The molecule has 0 saturated carbocycles. The Morgan fingerprint density at radius 3 is 1.40 bits per heavy atom. The molecule has 3 N–H and O–H groups in total. The molecule has 0 atom stereocenters. The summed E-state index contributed by atoms with van der Waals surface area (Å²) in [6.45, 7) is 0. The number of carboxylic acid groups (broad SMARTS) is 3. The van der Waals surface area contributed by atoms with Gasteiger partial charge in [-0.05, 0) is 6.42 Å². The first-order valence-electron chi connectivity index (χ1n) is 3.65. The van der Waals surface area contributed by atoms with Gasteiger partial charge in [0, 0.05) is 0 Å². The zero-order chi connectivity index (χ0) is 12.2. The summed E-state index contributed by atoms with van der Waals surface area (Å²) in [6.07, 6.45) is -2.04. The number of carbonyl (C=O) groups excluding carboxylic acids is 1. The lowest BCUT2D eigenvalue weighted by molar-refractivity contribution is -0.176. The molecule has 0 unspecified atom stereocenters. The van der Waals surface area contributed by atoms with Crippen molar-refractivity contribution in [2.24, 2.45) is 5.41 Å². The van der Waals surface area contributed by atoms with E-state index < -0.39 is 42.1 Å². The predicted octanol–water partition coefficient (Wildman–Crippen LogP) is -1.04. The minimum atomic E-state index is -3.14. The van der Waals surface area contributed by atoms with Crippen molar-refractivity contribution in [3.63, 3.8) is 0 Å². The standard InChI is InChI=1S/C7H7O8/c8-3(9)1-2-7(4(10)11,5(12)13)6(14)15/h1-2H2,(H,10,11)(H,12,13)(H,14,15). The van der Waals surface area contributed by atoms with Crippen molar-refractivity contribution in [3.8, 4) is 0 Å². The number of carboxylic acids is 3. The van der Waals surface area contributed by atoms with Gasteiger partial charge in [0.1, 0.15) is 0 Å². The third-order valence-electron chi connectivity index (χ3n) is 1.80. The summed E-state index contributed by atoms with van der Waals surface area (Å²) < 4.78 is 0. The van der Waals surface area contributed by atoms with E-state index in [4.69, 9.17) is 15.3 Å². The monoisotopic (exact) mass is 219 g/mol. The first-order valence-corrected chi connectivity index (χ1v) is 3.65. The van der Waals surface area contributed by atoms with E-state index in [1.807, 2.05) is 0 Å². The molecule has 0 spiro atoms. The van der Waals surface area contributed by atoms with E-state index in [2.05, 4.69) is 0 Å². The van der Waals surface area contributed by atoms with Crippen molar-refractivity contribution in [1.82, 2.24) is 0 Å². The van der Waals surface area contributed by atoms with E-state index in [0.29, 0.717) is 0 Å². The van der Waals surface area contributed by atoms with Crippen LogP contribution in [0.2, 0.25) is 0 Å². The molecule has 0 aliphatic heterocycles. The SMILES string of the molecule is [O]C(=O)CCC(C(=O)O)(C(=O)O)C(=O)O. The van der Waals surface area contributed by atoms with Gasteiger partial charge in [0.2, 0.25) is 0 Å². The van der Waals surface area contributed by atoms with Crippen LogP contribution in [-0.2, 0) is 24.3 Å². The van der Waals surface area contributed by atoms with E-state index >= 15 is 0 Å². The topological polar surface area (TPSA) is 149 Å². The van der Waals surface area contributed by atoms with Crippen LogP contribution in [0, 0.1) is 5.41 Å². The molecule has 83 valence electrons. The Balaban J connectivity index is 5.15. The molecular formula is C7H7O8. The van der Waals surface area contributed by atoms with Gasteiger partial charge in [-0.2, -0.15) is 0 Å². The number of carbonyl (C=O) groups is 4. The molecule has 8 nitrogen and oxygen atoms in total. The smallest absolute Gasteiger partial charge is 0.355 e. The summed E-state index contributed by atoms with van der Waals surface area (Å²) in [5.41, 5.74) is -3.14. The van der Waals surface area contributed by atoms with Gasteiger partial charge in [-0.1, -0.05) is 0 Å². The Morgan fingerprint density at radius 2 is 1.20 bits per heavy atom. The van der Waals surface area contributed by atoms with Gasteiger partial charge in [0.15, 0.2) is 0 Å². The first-order chi connectivity index (χ1) is 6.75. The summed E-state index contributed by atoms with van der Waals surface area (Å²) in [4.78, 5) is 41.6. The minimum absolute atomic E-state index is 0.967. The maximum atomic E-state index is 10.5. The van der Waals surface area contributed by atoms with E-state index in [1.54, 1.807) is 0 Å². The molecule has 0 aliphatic rings. The lowest BCUT2D eigenvalue weighted by atomic mass is 9.83. The lowest BCUT2D eigenvalue weighted by Crippen LogP contribution is -2.46. The third kappa shape index (κ3) is 2.42. The van der Waals surface area contributed by atoms with Crippen LogP contribution >= 0.6 is 0 Å². The largest absolute Gasteiger partial charge is 0.480 e. The normalized spacial score (nSPS) is 10.7. The molecule has 15 heavy (non-hydrogen) atoms. The number of hydrogen-bond donors (Lipinski definition) is 3. The van der Waals surface area contributed by atoms with Crippen LogP contribution in [0.3, 0.4) is 0 Å². The van der Waals surface area contributed by atoms with E-state index in [-0.39, 0.29) is 0 Å². The summed E-state index contributed by atoms with van der Waals surface area (Å²) in [6, 6.07) is 0. The highest BCUT2D eigenvalue weighted by Gasteiger charge is 2.54. The van der Waals surface area contributed by atoms with Crippen molar-refractivity contribution in [2.75, 3.05) is 0 Å². The molecule has 1 radical (unpaired) electrons. The van der Waals surface area contributed by atoms with E-state index in [1.165, 1.54) is 0 Å². The second-order valence-corrected chi connectivity index (χ2v) is 2.69. The van der Waals surface area contributed by atoms with Gasteiger partial charge in [-0.3, -0.25) is 14.4 Å². The summed E-state index contributed by atoms with van der Waals surface area (Å²) in [7, 11) is 0. The first kappa shape index (κ1) is 12.9. The third-order valence-corrected chi connectivity index (χ3v) is 1.80. The predicted molar refractivity (Wildman–Crippen MR) is 40.3 cm³/mol. The van der Waals surface area contributed by atoms with Gasteiger partial charge in [0.25, 0.3) is 5.41 Å². The van der Waals surface area contributed by atoms with Crippen LogP contribution in [0.1, 0.15) is 12.8 Å². The van der Waals surface area contributed by atoms with Crippen molar-refractivity contribution in [1.29, 1.82) is 0 Å². The van der Waals surface area contributed by atoms with E-state index in [9.17, 15) is 24.3 Å². The minimum Gasteiger partial charge on any atom is -0.480 e. The molecule has 0 aromatic rings. The van der Waals surface area contributed by atoms with Crippen LogP contribution < -0.4 is 0 Å². The van der Waals surface area contributed by atoms with Gasteiger partial charge >= 0.3 is 23.9 Å². The van der Waals surface area contributed by atoms with Crippen molar-refractivity contribution in [3.05, 3.63) is 0 Å². The number of aliphatic carboxylic acids is 3. The average molecular weight is 219 g/mol. The van der Waals surface area contributed by atoms with Crippen LogP contribution in [0.25, 0.3) is 0 Å². The summed E-state index contributed by atoms with van der Waals surface area (Å²) in [5.74, 6) is -8.08. The van der Waals surface area contributed by atoms with Crippen molar-refractivity contribution < 1.29 is 39.6 Å². The van der Waals surface area contributed by atoms with E-state index in [0.717, 1.165) is 0 Å². The average Bonchev–Trinajstić information content (AvgIpc) is 2.02. The molecule has 0 aromatic carbocycles. The highest BCUT2D eigenvalue weighted by molar-refractivity contribution is 6.16. The molecular weight excluding hydrogens is 212 g/mol. The van der Waals surface area contributed by atoms with Crippen molar-refractivity contribution >= 4 is 23.9 Å². The second-order valence-electron chi connectivity index (χ2n) is 2.69. The second kappa shape index (κ2) is 4.40. The van der Waals surface area contributed by atoms with Crippen LogP contribution in [-0.4, -0.2) is 39.2 Å². The molecule has 0 amide bonds. The fourth-order valence-corrected chi connectivity index (χ4v) is 0.885. The lowest BCUT2D eigenvalue weighted by Gasteiger charge is -2.18. The Morgan fingerprint density at radius 1 is 0.867 bits per heavy atom. The number of rotatable bonds is 6. The molecule has 0 heterocycles. The molecule has 0 aliphatic carbocycles. The highest BCUT2D eigenvalue weighted by Crippen LogP contribution is 2.25. The zero-order valence-corrected chi connectivity index (χ0v) is 7.30. The molecule has 0 fully saturated rings. The quantitative estimate of drug-likeness (QED) is 0.483. The summed E-state index contributed by atoms with van der Waals surface area (Å²) in [5, 5.41) is 35.5. The Hall–Kier alpha value is -2.12. The van der Waals surface area contributed by atoms with Crippen molar-refractivity contribution in [2.45, 2.75) is 12.8 Å². The Bertz CT molecular complexity index is 281. The maximum absolute atomic E-state index is 10.5. The van der Waals surface area contributed by atoms with Gasteiger partial charge in [-0.15, -0.1) is 0 Å². The van der Waals surface area contributed by atoms with Gasteiger partial charge < -0.3 is 15.3 Å². The van der Waals surface area contributed by atoms with Gasteiger partial charge in [-0.25, -0.2) is 9.90 Å². The van der Waals surface area contributed by atoms with Crippen LogP contribution in [0.5, 0.6) is 0 Å². The maximum Gasteiger partial charge on any atom is 0.355 e. The number of hydrogen-bond acceptors (Lipinski definition) is 4. The Kier molecular flexibility index (Phi) is 3.78. The molecule has 0 bridgehead atoms. The fourth-order valence-electron chi connectivity index (χ4n) is 0.885. The fraction of sp³-hybridized carbons (Fsp3) is 0.429.